The third kappa shape index (κ3) is 7.39. The molecular formula is C16H25N3O4. The second-order valence-electron chi connectivity index (χ2n) is 5.04. The van der Waals surface area contributed by atoms with E-state index in [0.717, 1.165) is 12.8 Å². The van der Waals surface area contributed by atoms with E-state index in [2.05, 4.69) is 17.1 Å². The van der Waals surface area contributed by atoms with Gasteiger partial charge in [0.15, 0.2) is 0 Å². The largest absolute Gasteiger partial charge is 0.494 e. The minimum absolute atomic E-state index is 0.153. The maximum Gasteiger partial charge on any atom is 0.330 e. The number of nitrogens with one attached hydrogen (secondary N) is 1. The van der Waals surface area contributed by atoms with E-state index in [9.17, 15) is 9.59 Å². The zero-order valence-electron chi connectivity index (χ0n) is 13.7. The number of nitrogens with zero attached hydrogens (tertiary/aromatic N) is 1. The summed E-state index contributed by atoms with van der Waals surface area (Å²) in [6.45, 7) is 2.63. The summed E-state index contributed by atoms with van der Waals surface area (Å²) >= 11 is 0. The predicted molar refractivity (Wildman–Crippen MR) is 88.2 cm³/mol. The van der Waals surface area contributed by atoms with E-state index in [0.29, 0.717) is 18.0 Å². The van der Waals surface area contributed by atoms with Crippen molar-refractivity contribution in [2.75, 3.05) is 25.3 Å². The Morgan fingerprint density at radius 2 is 2.04 bits per heavy atom. The van der Waals surface area contributed by atoms with E-state index in [-0.39, 0.29) is 6.54 Å². The van der Waals surface area contributed by atoms with E-state index in [1.165, 1.54) is 25.0 Å². The van der Waals surface area contributed by atoms with Crippen LogP contribution in [0.1, 0.15) is 32.6 Å². The highest BCUT2D eigenvalue weighted by Gasteiger charge is 2.14. The number of methoxy groups -OCH3 is 1. The van der Waals surface area contributed by atoms with Crippen LogP contribution in [0, 0.1) is 0 Å². The standard InChI is InChI=1S/C16H25N3O4/c1-3-4-5-6-10-23-14-9-7-8-13(11-14)19(18-16(17)21)12-15(20)22-2/h7-9,11H,3-6,10,12H2,1-2H3,(H3,17,18,21). The molecule has 128 valence electrons. The average Bonchev–Trinajstić information content (AvgIpc) is 2.53. The Hall–Kier alpha value is -2.44. The third-order valence-corrected chi connectivity index (χ3v) is 3.16. The lowest BCUT2D eigenvalue weighted by molar-refractivity contribution is -0.139. The van der Waals surface area contributed by atoms with E-state index < -0.39 is 12.0 Å². The van der Waals surface area contributed by atoms with Gasteiger partial charge in [0.05, 0.1) is 19.4 Å². The molecule has 0 saturated heterocycles. The first kappa shape index (κ1) is 18.6. The first-order valence-electron chi connectivity index (χ1n) is 7.70. The number of hydrazine groups is 1. The molecule has 23 heavy (non-hydrogen) atoms. The number of nitrogens with two attached hydrogens (primary N) is 1. The lowest BCUT2D eigenvalue weighted by Crippen LogP contribution is -2.47. The monoisotopic (exact) mass is 323 g/mol. The quantitative estimate of drug-likeness (QED) is 0.391. The molecule has 2 amide bonds. The molecule has 1 rings (SSSR count). The Labute approximate surface area is 136 Å². The molecule has 0 heterocycles. The van der Waals surface area contributed by atoms with Crippen LogP contribution in [0.25, 0.3) is 0 Å². The normalized spacial score (nSPS) is 10.0. The Morgan fingerprint density at radius 3 is 2.70 bits per heavy atom. The number of unbranched alkanes of at least 4 members (excludes halogenated alkanes) is 3. The van der Waals surface area contributed by atoms with Crippen LogP contribution in [-0.4, -0.2) is 32.3 Å². The lowest BCUT2D eigenvalue weighted by Gasteiger charge is -2.23. The van der Waals surface area contributed by atoms with Crippen LogP contribution in [0.2, 0.25) is 0 Å². The molecule has 0 aliphatic rings. The molecule has 0 aliphatic carbocycles. The van der Waals surface area contributed by atoms with Gasteiger partial charge in [0.25, 0.3) is 0 Å². The number of benzene rings is 1. The van der Waals surface area contributed by atoms with Gasteiger partial charge in [-0.25, -0.2) is 10.2 Å². The summed E-state index contributed by atoms with van der Waals surface area (Å²) in [5, 5.41) is 1.32. The van der Waals surface area contributed by atoms with Crippen LogP contribution in [0.4, 0.5) is 10.5 Å². The predicted octanol–water partition coefficient (Wildman–Crippen LogP) is 2.21. The molecule has 0 saturated carbocycles. The number of carbonyl (C=O) groups is 2. The number of urea groups is 1. The minimum atomic E-state index is -0.764. The Balaban J connectivity index is 2.69. The first-order chi connectivity index (χ1) is 11.1. The third-order valence-electron chi connectivity index (χ3n) is 3.16. The Kier molecular flexibility index (Phi) is 8.34. The first-order valence-corrected chi connectivity index (χ1v) is 7.70. The Bertz CT molecular complexity index is 508. The van der Waals surface area contributed by atoms with Gasteiger partial charge in [-0.2, -0.15) is 0 Å². The highest BCUT2D eigenvalue weighted by Crippen LogP contribution is 2.20. The molecule has 0 aliphatic heterocycles. The smallest absolute Gasteiger partial charge is 0.330 e. The zero-order valence-corrected chi connectivity index (χ0v) is 13.7. The molecule has 7 nitrogen and oxygen atoms in total. The fourth-order valence-electron chi connectivity index (χ4n) is 1.98. The van der Waals surface area contributed by atoms with E-state index >= 15 is 0 Å². The highest BCUT2D eigenvalue weighted by atomic mass is 16.5. The Morgan fingerprint density at radius 1 is 1.26 bits per heavy atom. The molecule has 0 radical (unpaired) electrons. The molecule has 0 aromatic heterocycles. The number of hydrogen-bond acceptors (Lipinski definition) is 5. The van der Waals surface area contributed by atoms with Crippen LogP contribution in [0.5, 0.6) is 5.75 Å². The second-order valence-corrected chi connectivity index (χ2v) is 5.04. The van der Waals surface area contributed by atoms with E-state index in [4.69, 9.17) is 10.5 Å². The maximum atomic E-state index is 11.4. The number of amides is 2. The van der Waals surface area contributed by atoms with Crippen molar-refractivity contribution in [3.63, 3.8) is 0 Å². The van der Waals surface area contributed by atoms with Gasteiger partial charge < -0.3 is 15.2 Å². The highest BCUT2D eigenvalue weighted by molar-refractivity contribution is 5.79. The van der Waals surface area contributed by atoms with Gasteiger partial charge in [-0.15, -0.1) is 0 Å². The van der Waals surface area contributed by atoms with Gasteiger partial charge in [-0.3, -0.25) is 9.80 Å². The molecule has 1 aromatic carbocycles. The summed E-state index contributed by atoms with van der Waals surface area (Å²) < 4.78 is 10.3. The summed E-state index contributed by atoms with van der Waals surface area (Å²) in [5.74, 6) is 0.171. The van der Waals surface area contributed by atoms with Gasteiger partial charge in [-0.1, -0.05) is 32.3 Å². The zero-order chi connectivity index (χ0) is 17.1. The number of ether oxygens (including phenoxy) is 2. The summed E-state index contributed by atoms with van der Waals surface area (Å²) in [6, 6.07) is 6.31. The molecule has 0 bridgehead atoms. The van der Waals surface area contributed by atoms with E-state index in [1.807, 2.05) is 6.07 Å². The summed E-state index contributed by atoms with van der Waals surface area (Å²) in [4.78, 5) is 22.5. The molecule has 0 unspecified atom stereocenters. The topological polar surface area (TPSA) is 93.9 Å². The van der Waals surface area contributed by atoms with Crippen LogP contribution < -0.4 is 20.9 Å². The number of esters is 1. The van der Waals surface area contributed by atoms with Crippen molar-refractivity contribution in [1.82, 2.24) is 5.43 Å². The van der Waals surface area contributed by atoms with E-state index in [1.54, 1.807) is 18.2 Å². The SMILES string of the molecule is CCCCCCOc1cccc(N(CC(=O)OC)NC(N)=O)c1. The number of anilines is 1. The van der Waals surface area contributed by atoms with Crippen molar-refractivity contribution in [1.29, 1.82) is 0 Å². The summed E-state index contributed by atoms with van der Waals surface area (Å²) in [6.07, 6.45) is 4.49. The van der Waals surface area contributed by atoms with Crippen LogP contribution >= 0.6 is 0 Å². The van der Waals surface area contributed by atoms with Crippen molar-refractivity contribution < 1.29 is 19.1 Å². The van der Waals surface area contributed by atoms with Crippen molar-refractivity contribution in [2.45, 2.75) is 32.6 Å². The molecule has 0 atom stereocenters. The summed E-state index contributed by atoms with van der Waals surface area (Å²) in [5.41, 5.74) is 8.11. The maximum absolute atomic E-state index is 11.4. The molecule has 1 aromatic rings. The molecule has 7 heteroatoms. The summed E-state index contributed by atoms with van der Waals surface area (Å²) in [7, 11) is 1.28. The number of rotatable bonds is 10. The van der Waals surface area contributed by atoms with Gasteiger partial charge in [0, 0.05) is 6.07 Å². The molecular weight excluding hydrogens is 298 g/mol. The van der Waals surface area contributed by atoms with Gasteiger partial charge >= 0.3 is 12.0 Å². The molecule has 3 N–H and O–H groups in total. The van der Waals surface area contributed by atoms with Crippen molar-refractivity contribution in [3.05, 3.63) is 24.3 Å². The molecule has 0 spiro atoms. The number of hydrogen-bond donors (Lipinski definition) is 2. The van der Waals surface area contributed by atoms with Crippen LogP contribution in [0.15, 0.2) is 24.3 Å². The van der Waals surface area contributed by atoms with Crippen molar-refractivity contribution in [3.8, 4) is 5.75 Å². The van der Waals surface area contributed by atoms with Crippen LogP contribution in [-0.2, 0) is 9.53 Å². The fourth-order valence-corrected chi connectivity index (χ4v) is 1.98. The second kappa shape index (κ2) is 10.3. The van der Waals surface area contributed by atoms with Crippen LogP contribution in [0.3, 0.4) is 0 Å². The van der Waals surface area contributed by atoms with Crippen molar-refractivity contribution in [2.24, 2.45) is 5.73 Å². The minimum Gasteiger partial charge on any atom is -0.494 e. The van der Waals surface area contributed by atoms with Gasteiger partial charge in [-0.05, 0) is 18.6 Å². The number of primary amides is 1. The fraction of sp³-hybridized carbons (Fsp3) is 0.500. The van der Waals surface area contributed by atoms with Crippen molar-refractivity contribution >= 4 is 17.7 Å². The van der Waals surface area contributed by atoms with Gasteiger partial charge in [0.1, 0.15) is 12.3 Å². The lowest BCUT2D eigenvalue weighted by atomic mass is 10.2. The average molecular weight is 323 g/mol. The molecule has 0 fully saturated rings. The van der Waals surface area contributed by atoms with Gasteiger partial charge in [0.2, 0.25) is 0 Å². The number of carbonyl (C=O) groups excluding carboxylic acids is 2.